The Morgan fingerprint density at radius 3 is 1.25 bits per heavy atom. The zero-order valence-electron chi connectivity index (χ0n) is 25.4. The molecule has 0 radical (unpaired) electrons. The fourth-order valence-electron chi connectivity index (χ4n) is 5.67. The van der Waals surface area contributed by atoms with Crippen LogP contribution in [0.5, 0.6) is 11.5 Å². The summed E-state index contributed by atoms with van der Waals surface area (Å²) < 4.78 is 11.7. The molecule has 0 fully saturated rings. The first-order valence-electron chi connectivity index (χ1n) is 15.3. The molecule has 0 bridgehead atoms. The van der Waals surface area contributed by atoms with E-state index < -0.39 is 11.6 Å². The maximum Gasteiger partial charge on any atom is 0.198 e. The van der Waals surface area contributed by atoms with Gasteiger partial charge in [-0.25, -0.2) is 0 Å². The Morgan fingerprint density at radius 1 is 0.523 bits per heavy atom. The number of anilines is 4. The molecule has 5 rings (SSSR count). The van der Waals surface area contributed by atoms with Gasteiger partial charge in [-0.3, -0.25) is 9.59 Å². The second-order valence-electron chi connectivity index (χ2n) is 11.2. The van der Waals surface area contributed by atoms with Crippen LogP contribution in [0.1, 0.15) is 84.2 Å². The molecule has 0 spiro atoms. The second kappa shape index (κ2) is 13.1. The van der Waals surface area contributed by atoms with E-state index in [-0.39, 0.29) is 45.0 Å². The van der Waals surface area contributed by atoms with Crippen molar-refractivity contribution in [1.29, 1.82) is 0 Å². The molecule has 8 N–H and O–H groups in total. The van der Waals surface area contributed by atoms with Crippen molar-refractivity contribution in [3.05, 3.63) is 82.9 Å². The zero-order valence-corrected chi connectivity index (χ0v) is 25.4. The van der Waals surface area contributed by atoms with Gasteiger partial charge >= 0.3 is 0 Å². The molecular formula is C36H40N4O4. The molecule has 0 saturated heterocycles. The predicted octanol–water partition coefficient (Wildman–Crippen LogP) is 7.26. The van der Waals surface area contributed by atoms with Gasteiger partial charge in [0.15, 0.2) is 11.6 Å². The summed E-state index contributed by atoms with van der Waals surface area (Å²) in [4.78, 5) is 28.0. The highest BCUT2D eigenvalue weighted by molar-refractivity contribution is 6.36. The van der Waals surface area contributed by atoms with E-state index >= 15 is 0 Å². The monoisotopic (exact) mass is 592 g/mol. The first kappa shape index (κ1) is 30.5. The minimum Gasteiger partial charge on any atom is -0.494 e. The summed E-state index contributed by atoms with van der Waals surface area (Å²) in [6.07, 6.45) is 6.42. The molecule has 8 heteroatoms. The number of nitrogen functional groups attached to an aromatic ring is 4. The SMILES string of the molecule is CCCCCOc1ccc(-c2cc(N)c3c(c2N)C(=O)c2c(N)c(-c4ccc(OCCCCC)cc4)cc(N)c2C3=O)cc1. The van der Waals surface area contributed by atoms with Crippen LogP contribution in [0.3, 0.4) is 0 Å². The smallest absolute Gasteiger partial charge is 0.198 e. The van der Waals surface area contributed by atoms with Crippen LogP contribution in [0, 0.1) is 0 Å². The molecule has 0 unspecified atom stereocenters. The number of hydrogen-bond donors (Lipinski definition) is 4. The maximum absolute atomic E-state index is 14.2. The summed E-state index contributed by atoms with van der Waals surface area (Å²) in [5.74, 6) is 0.508. The highest BCUT2D eigenvalue weighted by atomic mass is 16.5. The number of unbranched alkanes of at least 4 members (excludes halogenated alkanes) is 4. The number of rotatable bonds is 12. The van der Waals surface area contributed by atoms with Crippen LogP contribution in [0.2, 0.25) is 0 Å². The molecule has 0 aromatic heterocycles. The number of carbonyl (C=O) groups is 2. The fraction of sp³-hybridized carbons (Fsp3) is 0.278. The summed E-state index contributed by atoms with van der Waals surface area (Å²) in [7, 11) is 0. The van der Waals surface area contributed by atoms with Gasteiger partial charge in [0, 0.05) is 22.5 Å². The number of fused-ring (bicyclic) bond motifs is 2. The third-order valence-corrected chi connectivity index (χ3v) is 8.07. The van der Waals surface area contributed by atoms with E-state index in [1.807, 2.05) is 48.5 Å². The highest BCUT2D eigenvalue weighted by Crippen LogP contribution is 2.45. The Morgan fingerprint density at radius 2 is 0.886 bits per heavy atom. The Balaban J connectivity index is 1.50. The van der Waals surface area contributed by atoms with Crippen molar-refractivity contribution >= 4 is 34.3 Å². The number of benzene rings is 4. The van der Waals surface area contributed by atoms with E-state index in [0.29, 0.717) is 24.3 Å². The molecule has 1 aliphatic carbocycles. The Hall–Kier alpha value is -4.98. The second-order valence-corrected chi connectivity index (χ2v) is 11.2. The van der Waals surface area contributed by atoms with Crippen molar-refractivity contribution in [3.63, 3.8) is 0 Å². The number of ketones is 2. The van der Waals surface area contributed by atoms with Crippen molar-refractivity contribution < 1.29 is 19.1 Å². The lowest BCUT2D eigenvalue weighted by Gasteiger charge is -2.26. The van der Waals surface area contributed by atoms with Crippen LogP contribution in [0.25, 0.3) is 22.3 Å². The van der Waals surface area contributed by atoms with Crippen LogP contribution in [-0.2, 0) is 0 Å². The molecule has 0 atom stereocenters. The molecule has 4 aromatic rings. The molecule has 4 aromatic carbocycles. The van der Waals surface area contributed by atoms with Gasteiger partial charge in [0.2, 0.25) is 0 Å². The number of nitrogens with two attached hydrogens (primary N) is 4. The first-order chi connectivity index (χ1) is 21.3. The van der Waals surface area contributed by atoms with Crippen LogP contribution < -0.4 is 32.4 Å². The van der Waals surface area contributed by atoms with Crippen LogP contribution >= 0.6 is 0 Å². The third-order valence-electron chi connectivity index (χ3n) is 8.07. The van der Waals surface area contributed by atoms with Crippen molar-refractivity contribution in [2.24, 2.45) is 0 Å². The molecule has 8 nitrogen and oxygen atoms in total. The average molecular weight is 593 g/mol. The van der Waals surface area contributed by atoms with Crippen molar-refractivity contribution in [2.45, 2.75) is 52.4 Å². The molecule has 0 aliphatic heterocycles. The fourth-order valence-corrected chi connectivity index (χ4v) is 5.67. The van der Waals surface area contributed by atoms with E-state index in [2.05, 4.69) is 13.8 Å². The molecule has 44 heavy (non-hydrogen) atoms. The van der Waals surface area contributed by atoms with Crippen molar-refractivity contribution in [3.8, 4) is 33.8 Å². The zero-order chi connectivity index (χ0) is 31.4. The van der Waals surface area contributed by atoms with Crippen LogP contribution in [-0.4, -0.2) is 24.8 Å². The van der Waals surface area contributed by atoms with E-state index in [0.717, 1.165) is 61.2 Å². The molecule has 228 valence electrons. The Labute approximate surface area is 258 Å². The van der Waals surface area contributed by atoms with E-state index in [1.54, 1.807) is 12.1 Å². The van der Waals surface area contributed by atoms with E-state index in [1.165, 1.54) is 0 Å². The Kier molecular flexibility index (Phi) is 9.09. The normalized spacial score (nSPS) is 12.1. The quantitative estimate of drug-likeness (QED) is 0.0870. The maximum atomic E-state index is 14.2. The summed E-state index contributed by atoms with van der Waals surface area (Å²) in [5.41, 5.74) is 29.4. The number of hydrogen-bond acceptors (Lipinski definition) is 8. The van der Waals surface area contributed by atoms with Gasteiger partial charge in [0.25, 0.3) is 0 Å². The lowest BCUT2D eigenvalue weighted by atomic mass is 9.78. The van der Waals surface area contributed by atoms with Crippen LogP contribution in [0.15, 0.2) is 60.7 Å². The van der Waals surface area contributed by atoms with Crippen LogP contribution in [0.4, 0.5) is 22.7 Å². The lowest BCUT2D eigenvalue weighted by Crippen LogP contribution is -2.27. The lowest BCUT2D eigenvalue weighted by molar-refractivity contribution is 0.0981. The van der Waals surface area contributed by atoms with Gasteiger partial charge in [0.1, 0.15) is 11.5 Å². The molecule has 0 heterocycles. The largest absolute Gasteiger partial charge is 0.494 e. The number of carbonyl (C=O) groups excluding carboxylic acids is 2. The van der Waals surface area contributed by atoms with E-state index in [4.69, 9.17) is 32.4 Å². The summed E-state index contributed by atoms with van der Waals surface area (Å²) in [6.45, 7) is 5.57. The number of ether oxygens (including phenoxy) is 2. The standard InChI is InChI=1S/C36H40N4O4/c1-3-5-7-17-43-23-13-9-21(10-14-23)25-19-27(37)29-31(33(25)39)36(42)32-30(35(29)41)28(38)20-26(34(32)40)22-11-15-24(16-12-22)44-18-8-6-4-2/h9-16,19-20H,3-8,17-18,37-40H2,1-2H3. The van der Waals surface area contributed by atoms with Gasteiger partial charge in [-0.05, 0) is 60.4 Å². The summed E-state index contributed by atoms with van der Waals surface area (Å²) >= 11 is 0. The summed E-state index contributed by atoms with van der Waals surface area (Å²) in [5, 5.41) is 0. The predicted molar refractivity (Wildman–Crippen MR) is 178 cm³/mol. The summed E-state index contributed by atoms with van der Waals surface area (Å²) in [6, 6.07) is 18.1. The van der Waals surface area contributed by atoms with E-state index in [9.17, 15) is 9.59 Å². The molecule has 0 saturated carbocycles. The Bertz CT molecular complexity index is 1570. The molecule has 1 aliphatic rings. The van der Waals surface area contributed by atoms with Crippen molar-refractivity contribution in [1.82, 2.24) is 0 Å². The minimum atomic E-state index is -0.488. The van der Waals surface area contributed by atoms with Gasteiger partial charge in [0.05, 0.1) is 46.8 Å². The average Bonchev–Trinajstić information content (AvgIpc) is 3.02. The van der Waals surface area contributed by atoms with Gasteiger partial charge < -0.3 is 32.4 Å². The topological polar surface area (TPSA) is 157 Å². The minimum absolute atomic E-state index is 0.0384. The van der Waals surface area contributed by atoms with Crippen molar-refractivity contribution in [2.75, 3.05) is 36.1 Å². The molecule has 0 amide bonds. The van der Waals surface area contributed by atoms with Gasteiger partial charge in [-0.2, -0.15) is 0 Å². The van der Waals surface area contributed by atoms with Gasteiger partial charge in [-0.1, -0.05) is 63.8 Å². The van der Waals surface area contributed by atoms with Gasteiger partial charge in [-0.15, -0.1) is 0 Å². The third kappa shape index (κ3) is 5.80. The molecular weight excluding hydrogens is 552 g/mol. The highest BCUT2D eigenvalue weighted by Gasteiger charge is 2.38. The first-order valence-corrected chi connectivity index (χ1v) is 15.3.